The SMILES string of the molecule is Cn1ncc(C(=O)[O-])c1C1(F)CC1.[K+]. The molecule has 1 heterocycles. The van der Waals surface area contributed by atoms with E-state index >= 15 is 0 Å². The van der Waals surface area contributed by atoms with Crippen LogP contribution in [0, 0.1) is 0 Å². The summed E-state index contributed by atoms with van der Waals surface area (Å²) in [6.07, 6.45) is 1.87. The van der Waals surface area contributed by atoms with Crippen LogP contribution < -0.4 is 56.5 Å². The minimum absolute atomic E-state index is 0. The van der Waals surface area contributed by atoms with Gasteiger partial charge in [0.1, 0.15) is 0 Å². The molecule has 0 atom stereocenters. The monoisotopic (exact) mass is 222 g/mol. The van der Waals surface area contributed by atoms with Crippen molar-refractivity contribution in [3.8, 4) is 0 Å². The third-order valence-electron chi connectivity index (χ3n) is 2.27. The van der Waals surface area contributed by atoms with Gasteiger partial charge in [0.15, 0.2) is 5.67 Å². The zero-order valence-corrected chi connectivity index (χ0v) is 11.2. The molecule has 0 radical (unpaired) electrons. The number of carboxylic acids is 1. The van der Waals surface area contributed by atoms with Crippen molar-refractivity contribution in [3.05, 3.63) is 17.5 Å². The van der Waals surface area contributed by atoms with Crippen LogP contribution in [0.15, 0.2) is 6.20 Å². The Balaban J connectivity index is 0.000000980. The number of nitrogens with zero attached hydrogens (tertiary/aromatic N) is 2. The molecule has 1 aromatic heterocycles. The fraction of sp³-hybridized carbons (Fsp3) is 0.500. The van der Waals surface area contributed by atoms with E-state index in [9.17, 15) is 14.3 Å². The van der Waals surface area contributed by atoms with Gasteiger partial charge in [0.2, 0.25) is 0 Å². The predicted molar refractivity (Wildman–Crippen MR) is 39.6 cm³/mol. The Labute approximate surface area is 123 Å². The summed E-state index contributed by atoms with van der Waals surface area (Å²) in [7, 11) is 1.53. The van der Waals surface area contributed by atoms with Crippen molar-refractivity contribution < 1.29 is 65.7 Å². The summed E-state index contributed by atoms with van der Waals surface area (Å²) >= 11 is 0. The van der Waals surface area contributed by atoms with Gasteiger partial charge in [-0.15, -0.1) is 0 Å². The van der Waals surface area contributed by atoms with Crippen LogP contribution in [-0.4, -0.2) is 15.7 Å². The second-order valence-electron chi connectivity index (χ2n) is 3.28. The molecule has 6 heteroatoms. The third-order valence-corrected chi connectivity index (χ3v) is 2.27. The molecule has 2 rings (SSSR count). The number of carbonyl (C=O) groups excluding carboxylic acids is 1. The van der Waals surface area contributed by atoms with Gasteiger partial charge in [0.25, 0.3) is 0 Å². The molecule has 0 unspecified atom stereocenters. The Morgan fingerprint density at radius 2 is 2.29 bits per heavy atom. The molecule has 4 nitrogen and oxygen atoms in total. The smallest absolute Gasteiger partial charge is 0.545 e. The van der Waals surface area contributed by atoms with Crippen molar-refractivity contribution in [2.45, 2.75) is 18.5 Å². The van der Waals surface area contributed by atoms with E-state index < -0.39 is 11.6 Å². The standard InChI is InChI=1S/C8H9FN2O2.K/c1-11-6(8(9)2-3-8)5(4-10-11)7(12)13;/h4H,2-3H2,1H3,(H,12,13);/q;+1/p-1. The molecular weight excluding hydrogens is 214 g/mol. The van der Waals surface area contributed by atoms with E-state index in [1.165, 1.54) is 11.7 Å². The van der Waals surface area contributed by atoms with E-state index in [4.69, 9.17) is 0 Å². The molecule has 70 valence electrons. The molecule has 0 amide bonds. The minimum Gasteiger partial charge on any atom is -0.545 e. The van der Waals surface area contributed by atoms with E-state index in [1.807, 2.05) is 0 Å². The van der Waals surface area contributed by atoms with Gasteiger partial charge >= 0.3 is 51.4 Å². The Morgan fingerprint density at radius 3 is 2.71 bits per heavy atom. The molecule has 0 aliphatic heterocycles. The first-order chi connectivity index (χ1) is 6.04. The van der Waals surface area contributed by atoms with Crippen LogP contribution in [0.4, 0.5) is 4.39 Å². The fourth-order valence-corrected chi connectivity index (χ4v) is 1.46. The first-order valence-corrected chi connectivity index (χ1v) is 3.97. The van der Waals surface area contributed by atoms with Crippen LogP contribution in [0.1, 0.15) is 28.9 Å². The van der Waals surface area contributed by atoms with E-state index in [1.54, 1.807) is 0 Å². The molecule has 1 aliphatic carbocycles. The van der Waals surface area contributed by atoms with Gasteiger partial charge in [0, 0.05) is 12.6 Å². The summed E-state index contributed by atoms with van der Waals surface area (Å²) in [5, 5.41) is 14.3. The Hall–Kier alpha value is 0.246. The van der Waals surface area contributed by atoms with Crippen LogP contribution in [0.5, 0.6) is 0 Å². The molecule has 14 heavy (non-hydrogen) atoms. The topological polar surface area (TPSA) is 58.0 Å². The normalized spacial score (nSPS) is 17.3. The Kier molecular flexibility index (Phi) is 3.53. The van der Waals surface area contributed by atoms with Crippen molar-refractivity contribution >= 4 is 5.97 Å². The zero-order valence-electron chi connectivity index (χ0n) is 8.08. The number of carboxylic acid groups (broad SMARTS) is 1. The number of aromatic carboxylic acids is 1. The van der Waals surface area contributed by atoms with Crippen LogP contribution in [0.3, 0.4) is 0 Å². The van der Waals surface area contributed by atoms with Gasteiger partial charge in [-0.3, -0.25) is 4.68 Å². The summed E-state index contributed by atoms with van der Waals surface area (Å²) < 4.78 is 14.9. The summed E-state index contributed by atoms with van der Waals surface area (Å²) in [5.74, 6) is -1.37. The van der Waals surface area contributed by atoms with E-state index in [0.29, 0.717) is 12.8 Å². The summed E-state index contributed by atoms with van der Waals surface area (Å²) in [5.41, 5.74) is -1.49. The number of aromatic nitrogens is 2. The average Bonchev–Trinajstić information content (AvgIpc) is 2.62. The first-order valence-electron chi connectivity index (χ1n) is 3.97. The minimum atomic E-state index is -1.49. The fourth-order valence-electron chi connectivity index (χ4n) is 1.46. The Morgan fingerprint density at radius 1 is 1.71 bits per heavy atom. The van der Waals surface area contributed by atoms with Gasteiger partial charge in [0.05, 0.1) is 17.9 Å². The van der Waals surface area contributed by atoms with Crippen LogP contribution in [0.25, 0.3) is 0 Å². The van der Waals surface area contributed by atoms with Crippen molar-refractivity contribution in [2.24, 2.45) is 7.05 Å². The molecule has 1 aliphatic rings. The second kappa shape index (κ2) is 4.01. The van der Waals surface area contributed by atoms with Crippen LogP contribution >= 0.6 is 0 Å². The van der Waals surface area contributed by atoms with E-state index in [2.05, 4.69) is 5.10 Å². The van der Waals surface area contributed by atoms with E-state index in [-0.39, 0.29) is 62.6 Å². The Bertz CT molecular complexity index is 373. The molecule has 0 N–H and O–H groups in total. The number of rotatable bonds is 2. The summed E-state index contributed by atoms with van der Waals surface area (Å²) in [6, 6.07) is 0. The molecule has 0 saturated heterocycles. The van der Waals surface area contributed by atoms with Gasteiger partial charge < -0.3 is 9.90 Å². The van der Waals surface area contributed by atoms with Gasteiger partial charge in [-0.25, -0.2) is 4.39 Å². The van der Waals surface area contributed by atoms with Crippen LogP contribution in [0.2, 0.25) is 0 Å². The third kappa shape index (κ3) is 1.94. The molecule has 0 spiro atoms. The molecule has 1 aromatic rings. The molecule has 0 aromatic carbocycles. The van der Waals surface area contributed by atoms with Crippen molar-refractivity contribution in [3.63, 3.8) is 0 Å². The summed E-state index contributed by atoms with van der Waals surface area (Å²) in [6.45, 7) is 0. The quantitative estimate of drug-likeness (QED) is 0.494. The molecule has 1 saturated carbocycles. The number of hydrogen-bond acceptors (Lipinski definition) is 3. The first kappa shape index (κ1) is 12.3. The van der Waals surface area contributed by atoms with Crippen molar-refractivity contribution in [1.29, 1.82) is 0 Å². The molecule has 1 fully saturated rings. The maximum absolute atomic E-state index is 13.6. The number of halogens is 1. The number of carbonyl (C=O) groups is 1. The molecule has 0 bridgehead atoms. The second-order valence-corrected chi connectivity index (χ2v) is 3.28. The maximum Gasteiger partial charge on any atom is 1.00 e. The zero-order chi connectivity index (χ0) is 9.64. The number of hydrogen-bond donors (Lipinski definition) is 0. The number of aryl methyl sites for hydroxylation is 1. The maximum atomic E-state index is 13.6. The van der Waals surface area contributed by atoms with Gasteiger partial charge in [-0.1, -0.05) is 0 Å². The van der Waals surface area contributed by atoms with Crippen molar-refractivity contribution in [2.75, 3.05) is 0 Å². The van der Waals surface area contributed by atoms with Gasteiger partial charge in [-0.2, -0.15) is 5.10 Å². The van der Waals surface area contributed by atoms with Crippen LogP contribution in [-0.2, 0) is 12.7 Å². The summed E-state index contributed by atoms with van der Waals surface area (Å²) in [4.78, 5) is 10.6. The van der Waals surface area contributed by atoms with Crippen molar-refractivity contribution in [1.82, 2.24) is 9.78 Å². The largest absolute Gasteiger partial charge is 1.00 e. The predicted octanol–water partition coefficient (Wildman–Crippen LogP) is -3.25. The van der Waals surface area contributed by atoms with Gasteiger partial charge in [-0.05, 0) is 12.8 Å². The van der Waals surface area contributed by atoms with E-state index in [0.717, 1.165) is 6.20 Å². The average molecular weight is 222 g/mol. The molecular formula is C8H8FKN2O2. The number of alkyl halides is 1.